The van der Waals surface area contributed by atoms with Gasteiger partial charge < -0.3 is 15.1 Å². The predicted molar refractivity (Wildman–Crippen MR) is 137 cm³/mol. The summed E-state index contributed by atoms with van der Waals surface area (Å²) in [7, 11) is -3.81. The molecule has 2 N–H and O–H groups in total. The number of carbonyl (C=O) groups excluding carboxylic acids is 1. The number of rotatable bonds is 6. The van der Waals surface area contributed by atoms with Crippen molar-refractivity contribution in [2.75, 3.05) is 48.9 Å². The van der Waals surface area contributed by atoms with E-state index in [9.17, 15) is 13.2 Å². The first kappa shape index (κ1) is 24.5. The van der Waals surface area contributed by atoms with Gasteiger partial charge in [-0.1, -0.05) is 32.9 Å². The molecule has 2 aliphatic heterocycles. The maximum atomic E-state index is 13.3. The normalized spacial score (nSPS) is 19.4. The summed E-state index contributed by atoms with van der Waals surface area (Å²) < 4.78 is 29.4. The van der Waals surface area contributed by atoms with Crippen LogP contribution in [0.3, 0.4) is 0 Å². The number of piperazine rings is 1. The molecule has 0 aromatic heterocycles. The molecule has 0 spiro atoms. The molecule has 1 atom stereocenters. The molecular formula is C26H36N4O3S. The fraction of sp³-hybridized carbons (Fsp3) is 0.500. The highest BCUT2D eigenvalue weighted by Crippen LogP contribution is 2.31. The van der Waals surface area contributed by atoms with E-state index in [-0.39, 0.29) is 10.8 Å². The van der Waals surface area contributed by atoms with Crippen LogP contribution in [-0.4, -0.2) is 58.5 Å². The zero-order valence-corrected chi connectivity index (χ0v) is 21.2. The van der Waals surface area contributed by atoms with Gasteiger partial charge in [0.05, 0.1) is 16.3 Å². The van der Waals surface area contributed by atoms with E-state index < -0.39 is 10.0 Å². The van der Waals surface area contributed by atoms with Crippen molar-refractivity contribution in [2.45, 2.75) is 44.4 Å². The predicted octanol–water partition coefficient (Wildman–Crippen LogP) is 3.89. The molecule has 4 rings (SSSR count). The SMILES string of the molecule is CC1CCCN(C(=O)c2ccc(N3CCNCC3)c(NS(=O)(=O)c3ccc(C(C)C)cc3)c2)C1. The number of nitrogens with one attached hydrogen (secondary N) is 2. The third kappa shape index (κ3) is 5.55. The smallest absolute Gasteiger partial charge is 0.261 e. The molecule has 7 nitrogen and oxygen atoms in total. The number of nitrogens with zero attached hydrogens (tertiary/aromatic N) is 2. The largest absolute Gasteiger partial charge is 0.367 e. The zero-order valence-electron chi connectivity index (χ0n) is 20.4. The topological polar surface area (TPSA) is 81.8 Å². The molecule has 8 heteroatoms. The minimum Gasteiger partial charge on any atom is -0.367 e. The average molecular weight is 485 g/mol. The van der Waals surface area contributed by atoms with Crippen molar-refractivity contribution in [2.24, 2.45) is 5.92 Å². The van der Waals surface area contributed by atoms with E-state index in [1.54, 1.807) is 18.2 Å². The van der Waals surface area contributed by atoms with Gasteiger partial charge in [-0.3, -0.25) is 9.52 Å². The lowest BCUT2D eigenvalue weighted by Crippen LogP contribution is -2.44. The van der Waals surface area contributed by atoms with Crippen LogP contribution in [0.4, 0.5) is 11.4 Å². The lowest BCUT2D eigenvalue weighted by molar-refractivity contribution is 0.0683. The number of likely N-dealkylation sites (tertiary alicyclic amines) is 1. The van der Waals surface area contributed by atoms with E-state index in [1.165, 1.54) is 0 Å². The number of piperidine rings is 1. The van der Waals surface area contributed by atoms with Crippen LogP contribution in [0.25, 0.3) is 0 Å². The van der Waals surface area contributed by atoms with E-state index >= 15 is 0 Å². The van der Waals surface area contributed by atoms with Gasteiger partial charge in [0.2, 0.25) is 0 Å². The first-order valence-electron chi connectivity index (χ1n) is 12.3. The van der Waals surface area contributed by atoms with Crippen molar-refractivity contribution in [3.05, 3.63) is 53.6 Å². The zero-order chi connectivity index (χ0) is 24.3. The van der Waals surface area contributed by atoms with Crippen LogP contribution in [0.5, 0.6) is 0 Å². The second-order valence-corrected chi connectivity index (χ2v) is 11.5. The number of amides is 1. The van der Waals surface area contributed by atoms with E-state index in [4.69, 9.17) is 0 Å². The summed E-state index contributed by atoms with van der Waals surface area (Å²) in [6, 6.07) is 12.4. The molecule has 0 aliphatic carbocycles. The summed E-state index contributed by atoms with van der Waals surface area (Å²) in [4.78, 5) is 17.5. The van der Waals surface area contributed by atoms with Crippen LogP contribution < -0.4 is 14.9 Å². The van der Waals surface area contributed by atoms with Crippen molar-refractivity contribution in [1.82, 2.24) is 10.2 Å². The summed E-state index contributed by atoms with van der Waals surface area (Å²) in [6.45, 7) is 11.0. The number of hydrogen-bond acceptors (Lipinski definition) is 5. The third-order valence-corrected chi connectivity index (χ3v) is 8.13. The van der Waals surface area contributed by atoms with Crippen LogP contribution in [0.1, 0.15) is 55.5 Å². The summed E-state index contributed by atoms with van der Waals surface area (Å²) in [5, 5.41) is 3.33. The number of carbonyl (C=O) groups is 1. The van der Waals surface area contributed by atoms with Crippen LogP contribution in [0, 0.1) is 5.92 Å². The van der Waals surface area contributed by atoms with Gasteiger partial charge in [-0.2, -0.15) is 0 Å². The Morgan fingerprint density at radius 1 is 1.06 bits per heavy atom. The van der Waals surface area contributed by atoms with E-state index in [0.29, 0.717) is 23.1 Å². The Morgan fingerprint density at radius 3 is 2.41 bits per heavy atom. The van der Waals surface area contributed by atoms with Crippen molar-refractivity contribution < 1.29 is 13.2 Å². The van der Waals surface area contributed by atoms with Gasteiger partial charge >= 0.3 is 0 Å². The summed E-state index contributed by atoms with van der Waals surface area (Å²) in [6.07, 6.45) is 2.13. The van der Waals surface area contributed by atoms with E-state index in [2.05, 4.69) is 35.7 Å². The molecule has 2 aromatic rings. The Hall–Kier alpha value is -2.58. The van der Waals surface area contributed by atoms with Crippen LogP contribution in [0.15, 0.2) is 47.4 Å². The Morgan fingerprint density at radius 2 is 1.76 bits per heavy atom. The molecule has 0 saturated carbocycles. The number of sulfonamides is 1. The highest BCUT2D eigenvalue weighted by molar-refractivity contribution is 7.92. The minimum atomic E-state index is -3.81. The molecule has 2 saturated heterocycles. The number of benzene rings is 2. The van der Waals surface area contributed by atoms with Crippen LogP contribution in [-0.2, 0) is 10.0 Å². The molecule has 2 aromatic carbocycles. The quantitative estimate of drug-likeness (QED) is 0.650. The summed E-state index contributed by atoms with van der Waals surface area (Å²) in [5.74, 6) is 0.758. The van der Waals surface area contributed by atoms with Crippen molar-refractivity contribution in [3.8, 4) is 0 Å². The second-order valence-electron chi connectivity index (χ2n) is 9.80. The van der Waals surface area contributed by atoms with Crippen molar-refractivity contribution >= 4 is 27.3 Å². The molecule has 2 fully saturated rings. The van der Waals surface area contributed by atoms with E-state index in [0.717, 1.165) is 63.4 Å². The third-order valence-electron chi connectivity index (χ3n) is 6.75. The van der Waals surface area contributed by atoms with Gasteiger partial charge in [-0.05, 0) is 60.6 Å². The lowest BCUT2D eigenvalue weighted by Gasteiger charge is -2.33. The average Bonchev–Trinajstić information content (AvgIpc) is 2.84. The van der Waals surface area contributed by atoms with Gasteiger partial charge in [-0.15, -0.1) is 0 Å². The van der Waals surface area contributed by atoms with Crippen molar-refractivity contribution in [1.29, 1.82) is 0 Å². The van der Waals surface area contributed by atoms with Gasteiger partial charge in [0.1, 0.15) is 0 Å². The maximum absolute atomic E-state index is 13.3. The first-order valence-corrected chi connectivity index (χ1v) is 13.7. The molecule has 1 amide bonds. The number of hydrogen-bond donors (Lipinski definition) is 2. The van der Waals surface area contributed by atoms with Crippen molar-refractivity contribution in [3.63, 3.8) is 0 Å². The fourth-order valence-corrected chi connectivity index (χ4v) is 5.79. The molecule has 1 unspecified atom stereocenters. The maximum Gasteiger partial charge on any atom is 0.261 e. The molecular weight excluding hydrogens is 448 g/mol. The first-order chi connectivity index (χ1) is 16.2. The Bertz CT molecular complexity index is 1110. The standard InChI is InChI=1S/C26H36N4O3S/c1-19(2)21-6-9-23(10-7-21)34(32,33)28-24-17-22(26(31)30-14-4-5-20(3)18-30)8-11-25(24)29-15-12-27-13-16-29/h6-11,17,19-20,27-28H,4-5,12-16,18H2,1-3H3. The molecule has 0 bridgehead atoms. The second kappa shape index (κ2) is 10.4. The van der Waals surface area contributed by atoms with Gasteiger partial charge in [-0.25, -0.2) is 8.42 Å². The molecule has 2 aliphatic rings. The Kier molecular flexibility index (Phi) is 7.48. The fourth-order valence-electron chi connectivity index (χ4n) is 4.72. The van der Waals surface area contributed by atoms with Gasteiger partial charge in [0.15, 0.2) is 0 Å². The van der Waals surface area contributed by atoms with Gasteiger partial charge in [0.25, 0.3) is 15.9 Å². The molecule has 184 valence electrons. The minimum absolute atomic E-state index is 0.0415. The van der Waals surface area contributed by atoms with Crippen LogP contribution in [0.2, 0.25) is 0 Å². The lowest BCUT2D eigenvalue weighted by atomic mass is 9.99. The molecule has 34 heavy (non-hydrogen) atoms. The van der Waals surface area contributed by atoms with Gasteiger partial charge in [0, 0.05) is 44.8 Å². The Labute approximate surface area is 203 Å². The summed E-state index contributed by atoms with van der Waals surface area (Å²) >= 11 is 0. The number of anilines is 2. The highest BCUT2D eigenvalue weighted by atomic mass is 32.2. The monoisotopic (exact) mass is 484 g/mol. The summed E-state index contributed by atoms with van der Waals surface area (Å²) in [5.41, 5.74) is 2.85. The van der Waals surface area contributed by atoms with Crippen LogP contribution >= 0.6 is 0 Å². The molecule has 2 heterocycles. The molecule has 0 radical (unpaired) electrons. The van der Waals surface area contributed by atoms with E-state index in [1.807, 2.05) is 29.2 Å². The Balaban J connectivity index is 1.66. The highest BCUT2D eigenvalue weighted by Gasteiger charge is 2.25.